The largest absolute Gasteiger partial charge is 0.338 e. The van der Waals surface area contributed by atoms with E-state index >= 15 is 0 Å². The highest BCUT2D eigenvalue weighted by molar-refractivity contribution is 7.63. The Morgan fingerprint density at radius 2 is 1.85 bits per heavy atom. The summed E-state index contributed by atoms with van der Waals surface area (Å²) in [5.41, 5.74) is 0.271. The summed E-state index contributed by atoms with van der Waals surface area (Å²) in [5.74, 6) is -1.11. The Kier molecular flexibility index (Phi) is 7.40. The zero-order chi connectivity index (χ0) is 19.1. The molecule has 0 radical (unpaired) electrons. The number of halogens is 1. The molecule has 1 heterocycles. The number of rotatable bonds is 7. The quantitative estimate of drug-likeness (QED) is 0.541. The second-order valence-corrected chi connectivity index (χ2v) is 6.77. The van der Waals surface area contributed by atoms with Crippen LogP contribution in [-0.4, -0.2) is 75.7 Å². The van der Waals surface area contributed by atoms with E-state index in [-0.39, 0.29) is 36.2 Å². The first kappa shape index (κ1) is 20.2. The zero-order valence-electron chi connectivity index (χ0n) is 14.5. The van der Waals surface area contributed by atoms with Gasteiger partial charge in [0.25, 0.3) is 5.91 Å². The maximum Gasteiger partial charge on any atom is 0.254 e. The Balaban J connectivity index is 2.13. The molecule has 1 saturated heterocycles. The van der Waals surface area contributed by atoms with Crippen molar-refractivity contribution >= 4 is 30.0 Å². The topological polar surface area (TPSA) is 78.0 Å². The lowest BCUT2D eigenvalue weighted by Gasteiger charge is -2.36. The molecule has 1 aromatic rings. The van der Waals surface area contributed by atoms with E-state index in [2.05, 4.69) is 0 Å². The summed E-state index contributed by atoms with van der Waals surface area (Å²) in [6.07, 6.45) is 1.08. The highest BCUT2D eigenvalue weighted by Crippen LogP contribution is 2.15. The predicted molar refractivity (Wildman–Crippen MR) is 95.3 cm³/mol. The Morgan fingerprint density at radius 1 is 1.23 bits per heavy atom. The van der Waals surface area contributed by atoms with Crippen LogP contribution >= 0.6 is 0 Å². The molecule has 1 atom stereocenters. The molecular formula is C17H22FN3O4S. The van der Waals surface area contributed by atoms with Gasteiger partial charge >= 0.3 is 0 Å². The van der Waals surface area contributed by atoms with Crippen LogP contribution in [0.3, 0.4) is 0 Å². The van der Waals surface area contributed by atoms with Gasteiger partial charge in [0.1, 0.15) is 18.1 Å². The maximum atomic E-state index is 13.1. The lowest BCUT2D eigenvalue weighted by Crippen LogP contribution is -2.54. The molecule has 9 heteroatoms. The number of carbonyl (C=O) groups excluding carboxylic acids is 3. The van der Waals surface area contributed by atoms with Gasteiger partial charge in [-0.25, -0.2) is 12.9 Å². The fraction of sp³-hybridized carbons (Fsp3) is 0.471. The summed E-state index contributed by atoms with van der Waals surface area (Å²) < 4.78 is 25.6. The first-order valence-electron chi connectivity index (χ1n) is 8.31. The number of piperazine rings is 1. The predicted octanol–water partition coefficient (Wildman–Crippen LogP) is 0.250. The van der Waals surface area contributed by atoms with Gasteiger partial charge in [-0.05, 0) is 30.7 Å². The molecule has 26 heavy (non-hydrogen) atoms. The number of thiol groups is 1. The molecule has 1 aliphatic rings. The van der Waals surface area contributed by atoms with E-state index in [9.17, 15) is 23.0 Å². The van der Waals surface area contributed by atoms with Gasteiger partial charge in [-0.15, -0.1) is 0 Å². The van der Waals surface area contributed by atoms with E-state index in [4.69, 9.17) is 0 Å². The maximum absolute atomic E-state index is 13.1. The van der Waals surface area contributed by atoms with E-state index in [1.807, 2.05) is 0 Å². The summed E-state index contributed by atoms with van der Waals surface area (Å²) in [7, 11) is 1.51. The summed E-state index contributed by atoms with van der Waals surface area (Å²) in [6, 6.07) is 4.31. The monoisotopic (exact) mass is 383 g/mol. The fourth-order valence-corrected chi connectivity index (χ4v) is 3.20. The van der Waals surface area contributed by atoms with E-state index in [1.54, 1.807) is 9.21 Å². The van der Waals surface area contributed by atoms with Gasteiger partial charge in [0.2, 0.25) is 5.91 Å². The molecule has 2 amide bonds. The smallest absolute Gasteiger partial charge is 0.254 e. The lowest BCUT2D eigenvalue weighted by atomic mass is 10.1. The van der Waals surface area contributed by atoms with Crippen molar-refractivity contribution in [1.82, 2.24) is 14.1 Å². The van der Waals surface area contributed by atoms with E-state index < -0.39 is 17.8 Å². The number of aldehydes is 1. The third kappa shape index (κ3) is 4.95. The van der Waals surface area contributed by atoms with Crippen molar-refractivity contribution in [3.05, 3.63) is 35.6 Å². The minimum Gasteiger partial charge on any atom is -0.338 e. The molecule has 7 nitrogen and oxygen atoms in total. The molecule has 0 aromatic heterocycles. The van der Waals surface area contributed by atoms with E-state index in [0.29, 0.717) is 32.5 Å². The summed E-state index contributed by atoms with van der Waals surface area (Å²) in [4.78, 5) is 39.2. The average Bonchev–Trinajstić information content (AvgIpc) is 2.68. The standard InChI is InChI=1S/C17H22FN3O4S/c1-19(16(23)13-4-6-14(18)7-5-13)15(3-2-12-22)17(24)20-8-10-21(26-25)11-9-20/h4-7,12,15,26H,2-3,8-11H2,1H3/t15-/m0/s1. The number of carbonyl (C=O) groups is 3. The first-order chi connectivity index (χ1) is 12.5. The minimum absolute atomic E-state index is 0.0722. The van der Waals surface area contributed by atoms with Crippen LogP contribution in [0.1, 0.15) is 23.2 Å². The van der Waals surface area contributed by atoms with Crippen molar-refractivity contribution in [3.8, 4) is 0 Å². The van der Waals surface area contributed by atoms with Crippen LogP contribution in [0.25, 0.3) is 0 Å². The first-order valence-corrected chi connectivity index (χ1v) is 9.07. The molecular weight excluding hydrogens is 361 g/mol. The van der Waals surface area contributed by atoms with Crippen LogP contribution in [0.15, 0.2) is 24.3 Å². The molecule has 0 unspecified atom stereocenters. The van der Waals surface area contributed by atoms with Crippen LogP contribution in [0, 0.1) is 5.82 Å². The van der Waals surface area contributed by atoms with Crippen molar-refractivity contribution in [2.24, 2.45) is 0 Å². The molecule has 0 aliphatic carbocycles. The van der Waals surface area contributed by atoms with Crippen molar-refractivity contribution in [3.63, 3.8) is 0 Å². The van der Waals surface area contributed by atoms with E-state index in [1.165, 1.54) is 36.2 Å². The molecule has 1 aliphatic heterocycles. The van der Waals surface area contributed by atoms with Crippen LogP contribution in [-0.2, 0) is 21.4 Å². The number of benzene rings is 1. The molecule has 0 bridgehead atoms. The van der Waals surface area contributed by atoms with Crippen LogP contribution in [0.4, 0.5) is 4.39 Å². The summed E-state index contributed by atoms with van der Waals surface area (Å²) >= 11 is -0.0722. The van der Waals surface area contributed by atoms with Crippen LogP contribution in [0.2, 0.25) is 0 Å². The van der Waals surface area contributed by atoms with Crippen molar-refractivity contribution in [2.45, 2.75) is 18.9 Å². The fourth-order valence-electron chi connectivity index (χ4n) is 2.86. The number of hydrogen-bond donors (Lipinski definition) is 1. The Bertz CT molecular complexity index is 662. The molecule has 0 saturated carbocycles. The molecule has 1 fully saturated rings. The van der Waals surface area contributed by atoms with E-state index in [0.717, 1.165) is 0 Å². The Hall–Kier alpha value is -2.13. The normalized spacial score (nSPS) is 16.2. The number of hydrogen-bond acceptors (Lipinski definition) is 4. The van der Waals surface area contributed by atoms with Gasteiger partial charge in [-0.1, -0.05) is 0 Å². The lowest BCUT2D eigenvalue weighted by molar-refractivity contribution is -0.137. The van der Waals surface area contributed by atoms with Crippen molar-refractivity contribution in [1.29, 1.82) is 0 Å². The van der Waals surface area contributed by atoms with Gasteiger partial charge in [0.15, 0.2) is 0 Å². The molecule has 1 aromatic carbocycles. The molecule has 2 rings (SSSR count). The van der Waals surface area contributed by atoms with Crippen LogP contribution < -0.4 is 0 Å². The number of amides is 2. The van der Waals surface area contributed by atoms with Gasteiger partial charge in [0, 0.05) is 45.2 Å². The van der Waals surface area contributed by atoms with Gasteiger partial charge in [0.05, 0.1) is 11.9 Å². The van der Waals surface area contributed by atoms with Gasteiger partial charge < -0.3 is 14.6 Å². The number of nitrogens with zero attached hydrogens (tertiary/aromatic N) is 3. The third-order valence-corrected chi connectivity index (χ3v) is 5.04. The second kappa shape index (κ2) is 9.54. The Labute approximate surface area is 155 Å². The van der Waals surface area contributed by atoms with Crippen LogP contribution in [0.5, 0.6) is 0 Å². The average molecular weight is 383 g/mol. The second-order valence-electron chi connectivity index (χ2n) is 6.04. The highest BCUT2D eigenvalue weighted by atomic mass is 32.2. The highest BCUT2D eigenvalue weighted by Gasteiger charge is 2.32. The molecule has 0 spiro atoms. The molecule has 142 valence electrons. The van der Waals surface area contributed by atoms with Gasteiger partial charge in [-0.3, -0.25) is 9.59 Å². The summed E-state index contributed by atoms with van der Waals surface area (Å²) in [6.45, 7) is 1.77. The third-order valence-electron chi connectivity index (χ3n) is 4.41. The van der Waals surface area contributed by atoms with Gasteiger partial charge in [-0.2, -0.15) is 0 Å². The minimum atomic E-state index is -0.783. The summed E-state index contributed by atoms with van der Waals surface area (Å²) in [5, 5.41) is 0. The van der Waals surface area contributed by atoms with Crippen molar-refractivity contribution < 1.29 is 23.0 Å². The SMILES string of the molecule is CN(C(=O)c1ccc(F)cc1)[C@@H](CCC=O)C(=O)N1CCN([SH]=O)CC1. The molecule has 0 N–H and O–H groups in total. The van der Waals surface area contributed by atoms with Crippen molar-refractivity contribution in [2.75, 3.05) is 33.2 Å². The number of likely N-dealkylation sites (N-methyl/N-ethyl adjacent to an activating group) is 1. The Morgan fingerprint density at radius 3 is 2.38 bits per heavy atom. The zero-order valence-corrected chi connectivity index (χ0v) is 15.4.